The molecule has 6 nitrogen and oxygen atoms in total. The molecule has 1 aromatic carbocycles. The Kier molecular flexibility index (Phi) is 6.72. The Labute approximate surface area is 124 Å². The lowest BCUT2D eigenvalue weighted by Crippen LogP contribution is -2.41. The minimum Gasteiger partial charge on any atom is -0.480 e. The smallest absolute Gasteiger partial charge is 0.322 e. The highest BCUT2D eigenvalue weighted by atomic mass is 79.9. The van der Waals surface area contributed by atoms with Gasteiger partial charge in [-0.15, -0.1) is 0 Å². The van der Waals surface area contributed by atoms with Crippen molar-refractivity contribution in [3.8, 4) is 0 Å². The number of nitrogens with one attached hydrogen (secondary N) is 2. The van der Waals surface area contributed by atoms with Crippen LogP contribution in [0.4, 0.5) is 0 Å². The standard InChI is InChI=1S/C13H15BrN2O4/c14-10(6-9-4-2-1-3-5-9)13(20)16-7-11(17)15-8-12(18)19/h1-5,10H,6-8H2,(H,15,17)(H,16,20)(H,18,19). The maximum absolute atomic E-state index is 11.7. The summed E-state index contributed by atoms with van der Waals surface area (Å²) in [6.07, 6.45) is 0.503. The second-order valence-electron chi connectivity index (χ2n) is 4.05. The summed E-state index contributed by atoms with van der Waals surface area (Å²) in [7, 11) is 0. The van der Waals surface area contributed by atoms with E-state index in [9.17, 15) is 14.4 Å². The summed E-state index contributed by atoms with van der Waals surface area (Å²) in [6, 6.07) is 9.46. The van der Waals surface area contributed by atoms with Gasteiger partial charge in [-0.25, -0.2) is 0 Å². The monoisotopic (exact) mass is 342 g/mol. The number of carbonyl (C=O) groups excluding carboxylic acids is 2. The molecule has 108 valence electrons. The van der Waals surface area contributed by atoms with Crippen LogP contribution in [0.15, 0.2) is 30.3 Å². The SMILES string of the molecule is O=C(O)CNC(=O)CNC(=O)C(Br)Cc1ccccc1. The topological polar surface area (TPSA) is 95.5 Å². The molecule has 3 N–H and O–H groups in total. The zero-order chi connectivity index (χ0) is 15.0. The Bertz CT molecular complexity index is 479. The molecule has 1 atom stereocenters. The first-order valence-electron chi connectivity index (χ1n) is 5.93. The number of benzene rings is 1. The van der Waals surface area contributed by atoms with E-state index in [0.29, 0.717) is 6.42 Å². The summed E-state index contributed by atoms with van der Waals surface area (Å²) in [4.78, 5) is 32.8. The van der Waals surface area contributed by atoms with Crippen LogP contribution in [-0.4, -0.2) is 40.8 Å². The number of amides is 2. The second-order valence-corrected chi connectivity index (χ2v) is 5.15. The maximum atomic E-state index is 11.7. The molecule has 0 bridgehead atoms. The van der Waals surface area contributed by atoms with E-state index in [1.54, 1.807) is 0 Å². The normalized spacial score (nSPS) is 11.4. The van der Waals surface area contributed by atoms with Gasteiger partial charge in [-0.3, -0.25) is 14.4 Å². The molecule has 0 saturated heterocycles. The van der Waals surface area contributed by atoms with Crippen molar-refractivity contribution in [2.24, 2.45) is 0 Å². The van der Waals surface area contributed by atoms with Crippen LogP contribution in [0.3, 0.4) is 0 Å². The molecule has 1 rings (SSSR count). The van der Waals surface area contributed by atoms with Crippen LogP contribution < -0.4 is 10.6 Å². The largest absolute Gasteiger partial charge is 0.480 e. The number of aliphatic carboxylic acids is 1. The predicted octanol–water partition coefficient (Wildman–Crippen LogP) is 0.310. The highest BCUT2D eigenvalue weighted by Gasteiger charge is 2.16. The van der Waals surface area contributed by atoms with E-state index in [1.807, 2.05) is 30.3 Å². The van der Waals surface area contributed by atoms with Gasteiger partial charge in [0.25, 0.3) is 0 Å². The number of hydrogen-bond acceptors (Lipinski definition) is 3. The van der Waals surface area contributed by atoms with Gasteiger partial charge >= 0.3 is 5.97 Å². The molecule has 0 aliphatic rings. The summed E-state index contributed by atoms with van der Waals surface area (Å²) >= 11 is 3.25. The van der Waals surface area contributed by atoms with Crippen molar-refractivity contribution in [3.63, 3.8) is 0 Å². The van der Waals surface area contributed by atoms with E-state index in [-0.39, 0.29) is 12.5 Å². The van der Waals surface area contributed by atoms with Crippen LogP contribution in [0.25, 0.3) is 0 Å². The fourth-order valence-corrected chi connectivity index (χ4v) is 1.96. The van der Waals surface area contributed by atoms with Crippen LogP contribution in [0, 0.1) is 0 Å². The lowest BCUT2D eigenvalue weighted by atomic mass is 10.1. The van der Waals surface area contributed by atoms with E-state index < -0.39 is 23.2 Å². The number of carbonyl (C=O) groups is 3. The van der Waals surface area contributed by atoms with Crippen molar-refractivity contribution in [2.45, 2.75) is 11.2 Å². The number of halogens is 1. The van der Waals surface area contributed by atoms with Crippen LogP contribution in [0.1, 0.15) is 5.56 Å². The van der Waals surface area contributed by atoms with Crippen LogP contribution in [0.5, 0.6) is 0 Å². The first-order chi connectivity index (χ1) is 9.49. The average molecular weight is 343 g/mol. The van der Waals surface area contributed by atoms with Crippen molar-refractivity contribution >= 4 is 33.7 Å². The van der Waals surface area contributed by atoms with Gasteiger partial charge in [-0.05, 0) is 12.0 Å². The Balaban J connectivity index is 2.31. The highest BCUT2D eigenvalue weighted by molar-refractivity contribution is 9.10. The molecular formula is C13H15BrN2O4. The van der Waals surface area contributed by atoms with Gasteiger partial charge in [0, 0.05) is 0 Å². The molecule has 0 aromatic heterocycles. The van der Waals surface area contributed by atoms with Gasteiger partial charge in [0.05, 0.1) is 11.4 Å². The Hall–Kier alpha value is -1.89. The van der Waals surface area contributed by atoms with Crippen molar-refractivity contribution in [2.75, 3.05) is 13.1 Å². The van der Waals surface area contributed by atoms with Crippen LogP contribution in [0.2, 0.25) is 0 Å². The fraction of sp³-hybridized carbons (Fsp3) is 0.308. The molecular weight excluding hydrogens is 328 g/mol. The summed E-state index contributed by atoms with van der Waals surface area (Å²) in [5.41, 5.74) is 1.000. The third-order valence-corrected chi connectivity index (χ3v) is 3.14. The Morgan fingerprint density at radius 1 is 1.10 bits per heavy atom. The second kappa shape index (κ2) is 8.31. The van der Waals surface area contributed by atoms with Crippen molar-refractivity contribution in [1.29, 1.82) is 0 Å². The summed E-state index contributed by atoms with van der Waals surface area (Å²) in [5.74, 6) is -1.99. The number of rotatable bonds is 7. The summed E-state index contributed by atoms with van der Waals surface area (Å²) < 4.78 is 0. The van der Waals surface area contributed by atoms with Gasteiger partial charge in [-0.1, -0.05) is 46.3 Å². The molecule has 0 fully saturated rings. The third kappa shape index (κ3) is 6.33. The zero-order valence-electron chi connectivity index (χ0n) is 10.6. The fourth-order valence-electron chi connectivity index (χ4n) is 1.43. The van der Waals surface area contributed by atoms with Crippen LogP contribution in [-0.2, 0) is 20.8 Å². The van der Waals surface area contributed by atoms with Crippen LogP contribution >= 0.6 is 15.9 Å². The molecule has 0 spiro atoms. The van der Waals surface area contributed by atoms with E-state index in [2.05, 4.69) is 26.6 Å². The van der Waals surface area contributed by atoms with E-state index in [4.69, 9.17) is 5.11 Å². The molecule has 0 aliphatic heterocycles. The summed E-state index contributed by atoms with van der Waals surface area (Å²) in [6.45, 7) is -0.709. The Morgan fingerprint density at radius 3 is 2.35 bits per heavy atom. The quantitative estimate of drug-likeness (QED) is 0.621. The number of carboxylic acids is 1. The molecule has 1 unspecified atom stereocenters. The van der Waals surface area contributed by atoms with Crippen molar-refractivity contribution < 1.29 is 19.5 Å². The zero-order valence-corrected chi connectivity index (χ0v) is 12.2. The highest BCUT2D eigenvalue weighted by Crippen LogP contribution is 2.09. The molecule has 0 saturated carbocycles. The average Bonchev–Trinajstić information content (AvgIpc) is 2.43. The number of hydrogen-bond donors (Lipinski definition) is 3. The van der Waals surface area contributed by atoms with E-state index >= 15 is 0 Å². The Morgan fingerprint density at radius 2 is 1.75 bits per heavy atom. The molecule has 0 aliphatic carbocycles. The lowest BCUT2D eigenvalue weighted by molar-refractivity contribution is -0.137. The van der Waals surface area contributed by atoms with Gasteiger partial charge in [0.1, 0.15) is 6.54 Å². The number of alkyl halides is 1. The molecule has 1 aromatic rings. The van der Waals surface area contributed by atoms with E-state index in [0.717, 1.165) is 5.56 Å². The van der Waals surface area contributed by atoms with E-state index in [1.165, 1.54) is 0 Å². The van der Waals surface area contributed by atoms with Crippen molar-refractivity contribution in [1.82, 2.24) is 10.6 Å². The van der Waals surface area contributed by atoms with Gasteiger partial charge < -0.3 is 15.7 Å². The van der Waals surface area contributed by atoms with Crippen molar-refractivity contribution in [3.05, 3.63) is 35.9 Å². The summed E-state index contributed by atoms with van der Waals surface area (Å²) in [5, 5.41) is 13.0. The minimum absolute atomic E-state index is 0.247. The van der Waals surface area contributed by atoms with Gasteiger partial charge in [-0.2, -0.15) is 0 Å². The molecule has 0 heterocycles. The lowest BCUT2D eigenvalue weighted by Gasteiger charge is -2.10. The minimum atomic E-state index is -1.13. The van der Waals surface area contributed by atoms with Gasteiger partial charge in [0.2, 0.25) is 11.8 Å². The number of carboxylic acid groups (broad SMARTS) is 1. The third-order valence-electron chi connectivity index (χ3n) is 2.40. The van der Waals surface area contributed by atoms with Gasteiger partial charge in [0.15, 0.2) is 0 Å². The molecule has 7 heteroatoms. The maximum Gasteiger partial charge on any atom is 0.322 e. The first-order valence-corrected chi connectivity index (χ1v) is 6.85. The predicted molar refractivity (Wildman–Crippen MR) is 76.5 cm³/mol. The molecule has 20 heavy (non-hydrogen) atoms. The molecule has 2 amide bonds. The molecule has 0 radical (unpaired) electrons. The first kappa shape index (κ1) is 16.2.